The van der Waals surface area contributed by atoms with E-state index in [0.29, 0.717) is 10.6 Å². The Morgan fingerprint density at radius 2 is 2.00 bits per heavy atom. The average Bonchev–Trinajstić information content (AvgIpc) is 2.59. The van der Waals surface area contributed by atoms with E-state index < -0.39 is 23.4 Å². The molecule has 0 bridgehead atoms. The second-order valence-corrected chi connectivity index (χ2v) is 6.12. The van der Waals surface area contributed by atoms with Gasteiger partial charge in [-0.05, 0) is 43.7 Å². The van der Waals surface area contributed by atoms with Crippen LogP contribution in [-0.2, 0) is 9.53 Å². The first-order valence-corrected chi connectivity index (χ1v) is 8.12. The molecule has 0 unspecified atom stereocenters. The zero-order valence-corrected chi connectivity index (χ0v) is 14.9. The molecule has 136 valence electrons. The van der Waals surface area contributed by atoms with Crippen molar-refractivity contribution in [2.24, 2.45) is 0 Å². The molecule has 1 amide bonds. The van der Waals surface area contributed by atoms with Crippen molar-refractivity contribution >= 4 is 29.2 Å². The number of benzene rings is 2. The number of amides is 1. The summed E-state index contributed by atoms with van der Waals surface area (Å²) >= 11 is 5.92. The van der Waals surface area contributed by atoms with Crippen LogP contribution in [0, 0.1) is 17.0 Å². The van der Waals surface area contributed by atoms with Crippen LogP contribution in [0.2, 0.25) is 5.02 Å². The van der Waals surface area contributed by atoms with Gasteiger partial charge in [-0.3, -0.25) is 14.9 Å². The number of halogens is 1. The van der Waals surface area contributed by atoms with Crippen LogP contribution in [0.5, 0.6) is 0 Å². The zero-order valence-electron chi connectivity index (χ0n) is 14.2. The van der Waals surface area contributed by atoms with Gasteiger partial charge in [-0.15, -0.1) is 0 Å². The van der Waals surface area contributed by atoms with Gasteiger partial charge in [0, 0.05) is 16.7 Å². The van der Waals surface area contributed by atoms with Gasteiger partial charge >= 0.3 is 5.97 Å². The number of esters is 1. The minimum Gasteiger partial charge on any atom is -0.452 e. The minimum atomic E-state index is -0.728. The van der Waals surface area contributed by atoms with Crippen LogP contribution in [0.15, 0.2) is 42.5 Å². The molecule has 2 rings (SSSR count). The quantitative estimate of drug-likeness (QED) is 0.472. The molecule has 0 saturated heterocycles. The molecule has 0 saturated carbocycles. The number of nitrogens with one attached hydrogen (secondary N) is 1. The summed E-state index contributed by atoms with van der Waals surface area (Å²) < 4.78 is 4.96. The number of carbonyl (C=O) groups excluding carboxylic acids is 2. The lowest BCUT2D eigenvalue weighted by Crippen LogP contribution is -2.31. The minimum absolute atomic E-state index is 0.0883. The summed E-state index contributed by atoms with van der Waals surface area (Å²) in [7, 11) is 0. The van der Waals surface area contributed by atoms with Gasteiger partial charge in [0.05, 0.1) is 16.5 Å². The molecule has 0 heterocycles. The van der Waals surface area contributed by atoms with Gasteiger partial charge in [0.15, 0.2) is 6.61 Å². The molecular formula is C18H17ClN2O5. The molecule has 1 atom stereocenters. The highest BCUT2D eigenvalue weighted by Gasteiger charge is 2.16. The first-order chi connectivity index (χ1) is 12.3. The molecule has 0 spiro atoms. The van der Waals surface area contributed by atoms with Crippen LogP contribution in [0.25, 0.3) is 0 Å². The summed E-state index contributed by atoms with van der Waals surface area (Å²) in [5, 5.41) is 14.0. The topological polar surface area (TPSA) is 98.5 Å². The van der Waals surface area contributed by atoms with Gasteiger partial charge in [0.2, 0.25) is 0 Å². The normalized spacial score (nSPS) is 11.5. The maximum atomic E-state index is 12.0. The largest absolute Gasteiger partial charge is 0.452 e. The van der Waals surface area contributed by atoms with Gasteiger partial charge in [-0.25, -0.2) is 4.79 Å². The third-order valence-corrected chi connectivity index (χ3v) is 3.92. The molecule has 0 aromatic heterocycles. The average molecular weight is 377 g/mol. The van der Waals surface area contributed by atoms with E-state index in [-0.39, 0.29) is 17.3 Å². The summed E-state index contributed by atoms with van der Waals surface area (Å²) in [6, 6.07) is 10.6. The molecule has 8 heteroatoms. The van der Waals surface area contributed by atoms with Crippen molar-refractivity contribution in [1.29, 1.82) is 0 Å². The third-order valence-electron chi connectivity index (χ3n) is 3.69. The van der Waals surface area contributed by atoms with Crippen molar-refractivity contribution in [1.82, 2.24) is 5.32 Å². The van der Waals surface area contributed by atoms with Crippen molar-refractivity contribution in [3.8, 4) is 0 Å². The van der Waals surface area contributed by atoms with Crippen molar-refractivity contribution in [3.05, 3.63) is 74.3 Å². The molecule has 1 N–H and O–H groups in total. The Balaban J connectivity index is 1.91. The highest BCUT2D eigenvalue weighted by atomic mass is 35.5. The Kier molecular flexibility index (Phi) is 6.30. The van der Waals surface area contributed by atoms with Gasteiger partial charge in [-0.1, -0.05) is 23.7 Å². The lowest BCUT2D eigenvalue weighted by atomic mass is 10.1. The molecule has 0 aliphatic heterocycles. The highest BCUT2D eigenvalue weighted by Crippen LogP contribution is 2.19. The fourth-order valence-electron chi connectivity index (χ4n) is 2.34. The van der Waals surface area contributed by atoms with E-state index in [1.807, 2.05) is 6.07 Å². The van der Waals surface area contributed by atoms with Crippen LogP contribution >= 0.6 is 11.6 Å². The molecule has 0 aliphatic rings. The molecule has 0 radical (unpaired) electrons. The summed E-state index contributed by atoms with van der Waals surface area (Å²) in [5.41, 5.74) is 1.21. The fraction of sp³-hybridized carbons (Fsp3) is 0.222. The van der Waals surface area contributed by atoms with Gasteiger partial charge in [-0.2, -0.15) is 0 Å². The van der Waals surface area contributed by atoms with Gasteiger partial charge < -0.3 is 10.1 Å². The van der Waals surface area contributed by atoms with Crippen molar-refractivity contribution in [2.45, 2.75) is 19.9 Å². The Morgan fingerprint density at radius 3 is 2.62 bits per heavy atom. The van der Waals surface area contributed by atoms with E-state index in [9.17, 15) is 19.7 Å². The second kappa shape index (κ2) is 8.44. The van der Waals surface area contributed by atoms with Crippen LogP contribution in [-0.4, -0.2) is 23.4 Å². The van der Waals surface area contributed by atoms with Crippen LogP contribution in [0.4, 0.5) is 5.69 Å². The van der Waals surface area contributed by atoms with Gasteiger partial charge in [0.25, 0.3) is 11.6 Å². The van der Waals surface area contributed by atoms with E-state index >= 15 is 0 Å². The van der Waals surface area contributed by atoms with E-state index in [4.69, 9.17) is 16.3 Å². The number of hydrogen-bond donors (Lipinski definition) is 1. The first-order valence-electron chi connectivity index (χ1n) is 7.75. The second-order valence-electron chi connectivity index (χ2n) is 5.68. The van der Waals surface area contributed by atoms with E-state index in [2.05, 4.69) is 5.32 Å². The molecular weight excluding hydrogens is 360 g/mol. The predicted octanol–water partition coefficient (Wildman–Crippen LogP) is 3.59. The monoisotopic (exact) mass is 376 g/mol. The number of rotatable bonds is 6. The van der Waals surface area contributed by atoms with Gasteiger partial charge in [0.1, 0.15) is 0 Å². The Morgan fingerprint density at radius 1 is 1.27 bits per heavy atom. The number of nitro benzene ring substituents is 1. The van der Waals surface area contributed by atoms with Crippen LogP contribution < -0.4 is 5.32 Å². The van der Waals surface area contributed by atoms with Crippen molar-refractivity contribution in [2.75, 3.05) is 6.61 Å². The molecule has 26 heavy (non-hydrogen) atoms. The summed E-state index contributed by atoms with van der Waals surface area (Å²) in [5.74, 6) is -1.20. The summed E-state index contributed by atoms with van der Waals surface area (Å²) in [4.78, 5) is 34.2. The Hall–Kier alpha value is -2.93. The zero-order chi connectivity index (χ0) is 19.3. The fourth-order valence-corrected chi connectivity index (χ4v) is 2.54. The standard InChI is InChI=1S/C18H17ClN2O5/c1-11-8-14(6-7-16(11)21(24)25)18(23)26-10-17(22)20-12(2)13-4-3-5-15(19)9-13/h3-9,12H,10H2,1-2H3,(H,20,22)/t12-/m0/s1. The summed E-state index contributed by atoms with van der Waals surface area (Å²) in [6.07, 6.45) is 0. The molecule has 7 nitrogen and oxygen atoms in total. The summed E-state index contributed by atoms with van der Waals surface area (Å²) in [6.45, 7) is 2.85. The van der Waals surface area contributed by atoms with E-state index in [0.717, 1.165) is 5.56 Å². The third kappa shape index (κ3) is 5.03. The number of carbonyl (C=O) groups is 2. The number of nitrogens with zero attached hydrogens (tertiary/aromatic N) is 1. The SMILES string of the molecule is Cc1cc(C(=O)OCC(=O)N[C@@H](C)c2cccc(Cl)c2)ccc1[N+](=O)[O-]. The maximum Gasteiger partial charge on any atom is 0.338 e. The maximum absolute atomic E-state index is 12.0. The molecule has 0 fully saturated rings. The highest BCUT2D eigenvalue weighted by molar-refractivity contribution is 6.30. The molecule has 0 aliphatic carbocycles. The lowest BCUT2D eigenvalue weighted by Gasteiger charge is -2.14. The lowest BCUT2D eigenvalue weighted by molar-refractivity contribution is -0.385. The number of aryl methyl sites for hydroxylation is 1. The Labute approximate surface area is 155 Å². The Bertz CT molecular complexity index is 853. The molecule has 2 aromatic rings. The van der Waals surface area contributed by atoms with Crippen molar-refractivity contribution in [3.63, 3.8) is 0 Å². The number of nitro groups is 1. The van der Waals surface area contributed by atoms with Crippen LogP contribution in [0.3, 0.4) is 0 Å². The van der Waals surface area contributed by atoms with Crippen molar-refractivity contribution < 1.29 is 19.2 Å². The predicted molar refractivity (Wildman–Crippen MR) is 96.1 cm³/mol. The number of hydrogen-bond acceptors (Lipinski definition) is 5. The van der Waals surface area contributed by atoms with Crippen LogP contribution in [0.1, 0.15) is 34.5 Å². The molecule has 2 aromatic carbocycles. The first kappa shape index (κ1) is 19.4. The van der Waals surface area contributed by atoms with E-state index in [1.165, 1.54) is 25.1 Å². The number of ether oxygens (including phenoxy) is 1. The smallest absolute Gasteiger partial charge is 0.338 e. The van der Waals surface area contributed by atoms with E-state index in [1.54, 1.807) is 25.1 Å².